The van der Waals surface area contributed by atoms with Crippen LogP contribution in [0.2, 0.25) is 0 Å². The second kappa shape index (κ2) is 8.85. The largest absolute Gasteiger partial charge is 0.442 e. The van der Waals surface area contributed by atoms with Gasteiger partial charge in [0, 0.05) is 39.8 Å². The molecule has 0 saturated carbocycles. The second-order valence-corrected chi connectivity index (χ2v) is 7.74. The third-order valence-corrected chi connectivity index (χ3v) is 5.35. The summed E-state index contributed by atoms with van der Waals surface area (Å²) in [5.41, 5.74) is -0.808. The average Bonchev–Trinajstić information content (AvgIpc) is 3.06. The predicted molar refractivity (Wildman–Crippen MR) is 107 cm³/mol. The van der Waals surface area contributed by atoms with Crippen molar-refractivity contribution < 1.29 is 27.9 Å². The fourth-order valence-corrected chi connectivity index (χ4v) is 3.62. The van der Waals surface area contributed by atoms with E-state index in [2.05, 4.69) is 10.6 Å². The lowest BCUT2D eigenvalue weighted by Crippen LogP contribution is -2.48. The van der Waals surface area contributed by atoms with Gasteiger partial charge in [-0.15, -0.1) is 0 Å². The Kier molecular flexibility index (Phi) is 6.42. The fourth-order valence-electron chi connectivity index (χ4n) is 3.62. The molecule has 8 nitrogen and oxygen atoms in total. The number of hydrogen-bond acceptors (Lipinski definition) is 5. The molecule has 2 fully saturated rings. The van der Waals surface area contributed by atoms with Crippen molar-refractivity contribution in [3.05, 3.63) is 24.0 Å². The summed E-state index contributed by atoms with van der Waals surface area (Å²) in [4.78, 5) is 37.2. The molecule has 164 valence electrons. The van der Waals surface area contributed by atoms with Gasteiger partial charge in [-0.2, -0.15) is 0 Å². The Morgan fingerprint density at radius 1 is 1.20 bits per heavy atom. The first-order valence-electron chi connectivity index (χ1n) is 9.87. The van der Waals surface area contributed by atoms with Crippen molar-refractivity contribution in [3.63, 3.8) is 0 Å². The fraction of sp³-hybridized carbons (Fsp3) is 0.550. The number of rotatable bonds is 6. The highest BCUT2D eigenvalue weighted by Crippen LogP contribution is 2.32. The number of amides is 3. The third kappa shape index (κ3) is 5.17. The summed E-state index contributed by atoms with van der Waals surface area (Å²) in [5.74, 6) is -1.02. The van der Waals surface area contributed by atoms with E-state index in [0.29, 0.717) is 24.5 Å². The van der Waals surface area contributed by atoms with E-state index in [1.54, 1.807) is 17.0 Å². The van der Waals surface area contributed by atoms with Crippen LogP contribution in [0.1, 0.15) is 26.7 Å². The molecule has 2 N–H and O–H groups in total. The lowest BCUT2D eigenvalue weighted by atomic mass is 9.93. The first-order chi connectivity index (χ1) is 14.2. The Labute approximate surface area is 173 Å². The Hall–Kier alpha value is -2.91. The Bertz CT molecular complexity index is 827. The van der Waals surface area contributed by atoms with Crippen molar-refractivity contribution in [2.45, 2.75) is 38.5 Å². The van der Waals surface area contributed by atoms with Crippen LogP contribution in [0.25, 0.3) is 0 Å². The first-order valence-corrected chi connectivity index (χ1v) is 9.87. The summed E-state index contributed by atoms with van der Waals surface area (Å²) in [5, 5.41) is 5.09. The van der Waals surface area contributed by atoms with Gasteiger partial charge in [-0.05, 0) is 18.2 Å². The lowest BCUT2D eigenvalue weighted by molar-refractivity contribution is -0.120. The minimum atomic E-state index is -1.50. The number of nitrogens with zero attached hydrogens (tertiary/aromatic N) is 2. The second-order valence-electron chi connectivity index (χ2n) is 7.74. The number of piperidine rings is 1. The molecule has 2 aliphatic rings. The van der Waals surface area contributed by atoms with Crippen molar-refractivity contribution in [2.75, 3.05) is 42.5 Å². The Morgan fingerprint density at radius 2 is 1.87 bits per heavy atom. The van der Waals surface area contributed by atoms with E-state index >= 15 is 0 Å². The van der Waals surface area contributed by atoms with Crippen LogP contribution in [0, 0.1) is 5.82 Å². The normalized spacial score (nSPS) is 20.7. The summed E-state index contributed by atoms with van der Waals surface area (Å²) in [6, 6.07) is 4.44. The molecular weight excluding hydrogens is 398 g/mol. The number of carbonyl (C=O) groups excluding carboxylic acids is 3. The minimum absolute atomic E-state index is 0.0473. The van der Waals surface area contributed by atoms with Gasteiger partial charge in [0.05, 0.1) is 31.0 Å². The minimum Gasteiger partial charge on any atom is -0.442 e. The van der Waals surface area contributed by atoms with E-state index in [-0.39, 0.29) is 44.3 Å². The maximum atomic E-state index is 14.8. The molecule has 1 aromatic rings. The van der Waals surface area contributed by atoms with Crippen LogP contribution in [-0.2, 0) is 14.3 Å². The van der Waals surface area contributed by atoms with Crippen molar-refractivity contribution in [2.24, 2.45) is 0 Å². The van der Waals surface area contributed by atoms with Crippen LogP contribution in [0.4, 0.5) is 25.0 Å². The number of halogens is 2. The average molecular weight is 424 g/mol. The molecule has 0 bridgehead atoms. The lowest BCUT2D eigenvalue weighted by Gasteiger charge is -2.37. The number of ether oxygens (including phenoxy) is 1. The number of anilines is 2. The van der Waals surface area contributed by atoms with Crippen molar-refractivity contribution in [1.29, 1.82) is 0 Å². The van der Waals surface area contributed by atoms with Gasteiger partial charge in [0.25, 0.3) is 0 Å². The van der Waals surface area contributed by atoms with E-state index in [0.717, 1.165) is 0 Å². The molecule has 0 radical (unpaired) electrons. The van der Waals surface area contributed by atoms with Gasteiger partial charge in [-0.1, -0.05) is 0 Å². The van der Waals surface area contributed by atoms with Crippen LogP contribution < -0.4 is 20.4 Å². The number of hydrogen-bond donors (Lipinski definition) is 2. The Balaban J connectivity index is 1.61. The van der Waals surface area contributed by atoms with Crippen LogP contribution >= 0.6 is 0 Å². The van der Waals surface area contributed by atoms with Crippen LogP contribution in [-0.4, -0.2) is 62.4 Å². The molecule has 2 saturated heterocycles. The summed E-state index contributed by atoms with van der Waals surface area (Å²) in [6.45, 7) is 3.69. The molecule has 0 unspecified atom stereocenters. The highest BCUT2D eigenvalue weighted by Gasteiger charge is 2.36. The summed E-state index contributed by atoms with van der Waals surface area (Å²) in [7, 11) is 0. The maximum absolute atomic E-state index is 14.8. The highest BCUT2D eigenvalue weighted by atomic mass is 19.1. The number of cyclic esters (lactones) is 1. The molecule has 3 rings (SSSR count). The molecule has 0 spiro atoms. The predicted octanol–water partition coefficient (Wildman–Crippen LogP) is 1.73. The first kappa shape index (κ1) is 21.8. The van der Waals surface area contributed by atoms with E-state index in [4.69, 9.17) is 4.74 Å². The molecule has 1 aromatic carbocycles. The molecular formula is C20H26F2N4O4. The smallest absolute Gasteiger partial charge is 0.414 e. The molecule has 2 aliphatic heterocycles. The summed E-state index contributed by atoms with van der Waals surface area (Å²) in [6.07, 6.45) is -0.752. The topological polar surface area (TPSA) is 91.0 Å². The third-order valence-electron chi connectivity index (χ3n) is 5.35. The number of carbonyl (C=O) groups is 3. The van der Waals surface area contributed by atoms with Crippen molar-refractivity contribution in [3.8, 4) is 0 Å². The number of alkyl halides is 1. The standard InChI is InChI=1S/C20H26F2N4O4/c1-13(27)23-10-16-11-26(19(29)30-16)15-3-4-18(17(21)9-15)25-7-5-20(22,6-8-25)12-24-14(2)28/h3-4,9,16H,5-8,10-12H2,1-2H3,(H,23,27)(H,24,28)/t16-/m0/s1. The van der Waals surface area contributed by atoms with E-state index in [1.807, 2.05) is 0 Å². The van der Waals surface area contributed by atoms with Gasteiger partial charge in [-0.3, -0.25) is 14.5 Å². The van der Waals surface area contributed by atoms with Crippen molar-refractivity contribution in [1.82, 2.24) is 10.6 Å². The van der Waals surface area contributed by atoms with Gasteiger partial charge >= 0.3 is 6.09 Å². The number of benzene rings is 1. The summed E-state index contributed by atoms with van der Waals surface area (Å²) < 4.78 is 34.7. The van der Waals surface area contributed by atoms with Crippen LogP contribution in [0.5, 0.6) is 0 Å². The molecule has 0 aliphatic carbocycles. The molecule has 30 heavy (non-hydrogen) atoms. The van der Waals surface area contributed by atoms with Gasteiger partial charge in [-0.25, -0.2) is 13.6 Å². The van der Waals surface area contributed by atoms with Gasteiger partial charge in [0.15, 0.2) is 0 Å². The summed E-state index contributed by atoms with van der Waals surface area (Å²) >= 11 is 0. The SMILES string of the molecule is CC(=O)NC[C@H]1CN(c2ccc(N3CCC(F)(CNC(C)=O)CC3)c(F)c2)C(=O)O1. The molecule has 1 atom stereocenters. The number of nitrogens with one attached hydrogen (secondary N) is 2. The van der Waals surface area contributed by atoms with Crippen molar-refractivity contribution >= 4 is 29.3 Å². The molecule has 10 heteroatoms. The zero-order valence-electron chi connectivity index (χ0n) is 17.0. The van der Waals surface area contributed by atoms with Crippen LogP contribution in [0.3, 0.4) is 0 Å². The molecule has 0 aromatic heterocycles. The van der Waals surface area contributed by atoms with E-state index < -0.39 is 23.7 Å². The van der Waals surface area contributed by atoms with Gasteiger partial charge in [0.1, 0.15) is 17.6 Å². The highest BCUT2D eigenvalue weighted by molar-refractivity contribution is 5.90. The zero-order chi connectivity index (χ0) is 21.9. The zero-order valence-corrected chi connectivity index (χ0v) is 17.0. The van der Waals surface area contributed by atoms with Gasteiger partial charge in [0.2, 0.25) is 11.8 Å². The Morgan fingerprint density at radius 3 is 2.47 bits per heavy atom. The van der Waals surface area contributed by atoms with E-state index in [9.17, 15) is 23.2 Å². The van der Waals surface area contributed by atoms with Crippen LogP contribution in [0.15, 0.2) is 18.2 Å². The van der Waals surface area contributed by atoms with E-state index in [1.165, 1.54) is 24.8 Å². The molecule has 2 heterocycles. The quantitative estimate of drug-likeness (QED) is 0.726. The monoisotopic (exact) mass is 424 g/mol. The van der Waals surface area contributed by atoms with Gasteiger partial charge < -0.3 is 20.3 Å². The maximum Gasteiger partial charge on any atom is 0.414 e. The molecule has 3 amide bonds.